The Morgan fingerprint density at radius 1 is 1.31 bits per heavy atom. The van der Waals surface area contributed by atoms with Crippen LogP contribution >= 0.6 is 0 Å². The van der Waals surface area contributed by atoms with Gasteiger partial charge in [-0.15, -0.1) is 0 Å². The fourth-order valence-corrected chi connectivity index (χ4v) is 2.58. The number of rotatable bonds is 3. The second-order valence-electron chi connectivity index (χ2n) is 4.45. The van der Waals surface area contributed by atoms with Crippen LogP contribution in [-0.2, 0) is 9.59 Å². The van der Waals surface area contributed by atoms with Gasteiger partial charge in [-0.2, -0.15) is 0 Å². The standard InChI is InChI=1S/C12H17NO3/c1-2-8(7-14)13-11(15)9-5-3-4-6-10(9)12(13)16/h3-4,8-10,14H,2,5-7H2,1H3/t8-,9?,10?/m1/s1. The summed E-state index contributed by atoms with van der Waals surface area (Å²) in [6, 6.07) is -0.342. The van der Waals surface area contributed by atoms with E-state index in [9.17, 15) is 14.7 Å². The minimum atomic E-state index is -0.342. The van der Waals surface area contributed by atoms with Crippen LogP contribution in [0.25, 0.3) is 0 Å². The van der Waals surface area contributed by atoms with Gasteiger partial charge in [0.15, 0.2) is 0 Å². The number of hydrogen-bond acceptors (Lipinski definition) is 3. The molecule has 1 saturated heterocycles. The maximum absolute atomic E-state index is 12.1. The Balaban J connectivity index is 2.23. The van der Waals surface area contributed by atoms with Crippen molar-refractivity contribution in [2.45, 2.75) is 32.2 Å². The van der Waals surface area contributed by atoms with E-state index >= 15 is 0 Å². The Labute approximate surface area is 94.9 Å². The topological polar surface area (TPSA) is 57.6 Å². The predicted octanol–water partition coefficient (Wildman–Crippen LogP) is 0.708. The van der Waals surface area contributed by atoms with Crippen LogP contribution in [0.4, 0.5) is 0 Å². The Kier molecular flexibility index (Phi) is 3.10. The van der Waals surface area contributed by atoms with E-state index in [4.69, 9.17) is 0 Å². The number of allylic oxidation sites excluding steroid dienone is 2. The summed E-state index contributed by atoms with van der Waals surface area (Å²) < 4.78 is 0. The Morgan fingerprint density at radius 2 is 1.81 bits per heavy atom. The minimum absolute atomic E-state index is 0.0970. The summed E-state index contributed by atoms with van der Waals surface area (Å²) in [4.78, 5) is 25.4. The Bertz CT molecular complexity index is 307. The first-order chi connectivity index (χ1) is 7.70. The van der Waals surface area contributed by atoms with Crippen molar-refractivity contribution in [1.29, 1.82) is 0 Å². The lowest BCUT2D eigenvalue weighted by Crippen LogP contribution is -2.42. The van der Waals surface area contributed by atoms with E-state index in [1.165, 1.54) is 4.90 Å². The maximum Gasteiger partial charge on any atom is 0.233 e. The van der Waals surface area contributed by atoms with E-state index in [0.29, 0.717) is 19.3 Å². The largest absolute Gasteiger partial charge is 0.394 e. The number of carbonyl (C=O) groups is 2. The summed E-state index contributed by atoms with van der Waals surface area (Å²) in [6.45, 7) is 1.74. The highest BCUT2D eigenvalue weighted by Gasteiger charge is 2.49. The van der Waals surface area contributed by atoms with Crippen molar-refractivity contribution in [2.24, 2.45) is 11.8 Å². The second kappa shape index (κ2) is 4.37. The van der Waals surface area contributed by atoms with Crippen molar-refractivity contribution in [2.75, 3.05) is 6.61 Å². The number of amides is 2. The molecule has 2 amide bonds. The van der Waals surface area contributed by atoms with E-state index in [-0.39, 0.29) is 36.3 Å². The van der Waals surface area contributed by atoms with Crippen molar-refractivity contribution in [3.63, 3.8) is 0 Å². The zero-order valence-corrected chi connectivity index (χ0v) is 9.43. The molecule has 0 aromatic heterocycles. The molecule has 0 saturated carbocycles. The van der Waals surface area contributed by atoms with Gasteiger partial charge >= 0.3 is 0 Å². The Morgan fingerprint density at radius 3 is 2.19 bits per heavy atom. The third-order valence-corrected chi connectivity index (χ3v) is 3.59. The molecule has 3 atom stereocenters. The molecular weight excluding hydrogens is 206 g/mol. The van der Waals surface area contributed by atoms with Crippen LogP contribution in [0.3, 0.4) is 0 Å². The predicted molar refractivity (Wildman–Crippen MR) is 58.4 cm³/mol. The number of nitrogens with zero attached hydrogens (tertiary/aromatic N) is 1. The fourth-order valence-electron chi connectivity index (χ4n) is 2.58. The molecule has 4 heteroatoms. The van der Waals surface area contributed by atoms with Crippen LogP contribution in [-0.4, -0.2) is 34.5 Å². The van der Waals surface area contributed by atoms with Crippen LogP contribution in [0.1, 0.15) is 26.2 Å². The first-order valence-electron chi connectivity index (χ1n) is 5.83. The average Bonchev–Trinajstić information content (AvgIpc) is 2.57. The molecule has 1 fully saturated rings. The van der Waals surface area contributed by atoms with Gasteiger partial charge in [0.1, 0.15) is 0 Å². The van der Waals surface area contributed by atoms with Crippen molar-refractivity contribution < 1.29 is 14.7 Å². The third-order valence-electron chi connectivity index (χ3n) is 3.59. The number of fused-ring (bicyclic) bond motifs is 1. The first kappa shape index (κ1) is 11.3. The zero-order chi connectivity index (χ0) is 11.7. The van der Waals surface area contributed by atoms with Crippen LogP contribution in [0.2, 0.25) is 0 Å². The molecular formula is C12H17NO3. The lowest BCUT2D eigenvalue weighted by Gasteiger charge is -2.23. The molecule has 0 aromatic carbocycles. The molecule has 0 spiro atoms. The van der Waals surface area contributed by atoms with Crippen LogP contribution in [0, 0.1) is 11.8 Å². The molecule has 0 bridgehead atoms. The SMILES string of the molecule is CC[C@H](CO)N1C(=O)C2CC=CCC2C1=O. The molecule has 1 aliphatic carbocycles. The number of likely N-dealkylation sites (tertiary alicyclic amines) is 1. The van der Waals surface area contributed by atoms with Crippen LogP contribution < -0.4 is 0 Å². The number of aliphatic hydroxyl groups is 1. The summed E-state index contributed by atoms with van der Waals surface area (Å²) in [5, 5.41) is 9.19. The second-order valence-corrected chi connectivity index (χ2v) is 4.45. The quantitative estimate of drug-likeness (QED) is 0.566. The van der Waals surface area contributed by atoms with E-state index in [0.717, 1.165) is 0 Å². The van der Waals surface area contributed by atoms with Gasteiger partial charge in [0, 0.05) is 0 Å². The molecule has 2 unspecified atom stereocenters. The van der Waals surface area contributed by atoms with Gasteiger partial charge in [0.05, 0.1) is 24.5 Å². The van der Waals surface area contributed by atoms with E-state index in [2.05, 4.69) is 0 Å². The molecule has 88 valence electrons. The van der Waals surface area contributed by atoms with Crippen molar-refractivity contribution in [3.8, 4) is 0 Å². The summed E-state index contributed by atoms with van der Waals surface area (Å²) in [5.41, 5.74) is 0. The smallest absolute Gasteiger partial charge is 0.233 e. The highest BCUT2D eigenvalue weighted by molar-refractivity contribution is 6.05. The molecule has 0 radical (unpaired) electrons. The van der Waals surface area contributed by atoms with Gasteiger partial charge in [0.2, 0.25) is 11.8 Å². The van der Waals surface area contributed by atoms with Crippen LogP contribution in [0.5, 0.6) is 0 Å². The summed E-state index contributed by atoms with van der Waals surface area (Å²) in [6.07, 6.45) is 5.87. The highest BCUT2D eigenvalue weighted by Crippen LogP contribution is 2.36. The van der Waals surface area contributed by atoms with E-state index in [1.54, 1.807) is 0 Å². The first-order valence-corrected chi connectivity index (χ1v) is 5.83. The normalized spacial score (nSPS) is 30.8. The summed E-state index contributed by atoms with van der Waals surface area (Å²) in [5.74, 6) is -0.559. The van der Waals surface area contributed by atoms with Crippen molar-refractivity contribution >= 4 is 11.8 Å². The number of imide groups is 1. The molecule has 2 aliphatic rings. The summed E-state index contributed by atoms with van der Waals surface area (Å²) in [7, 11) is 0. The molecule has 4 nitrogen and oxygen atoms in total. The van der Waals surface area contributed by atoms with Gasteiger partial charge < -0.3 is 5.11 Å². The van der Waals surface area contributed by atoms with Crippen molar-refractivity contribution in [3.05, 3.63) is 12.2 Å². The molecule has 1 heterocycles. The molecule has 16 heavy (non-hydrogen) atoms. The lowest BCUT2D eigenvalue weighted by atomic mass is 9.85. The molecule has 0 aromatic rings. The molecule has 2 rings (SSSR count). The molecule has 1 aliphatic heterocycles. The summed E-state index contributed by atoms with van der Waals surface area (Å²) >= 11 is 0. The number of aliphatic hydroxyl groups excluding tert-OH is 1. The maximum atomic E-state index is 12.1. The minimum Gasteiger partial charge on any atom is -0.394 e. The average molecular weight is 223 g/mol. The lowest BCUT2D eigenvalue weighted by molar-refractivity contribution is -0.143. The number of hydrogen-bond donors (Lipinski definition) is 1. The van der Waals surface area contributed by atoms with Gasteiger partial charge in [-0.05, 0) is 19.3 Å². The number of carbonyl (C=O) groups excluding carboxylic acids is 2. The van der Waals surface area contributed by atoms with E-state index < -0.39 is 0 Å². The van der Waals surface area contributed by atoms with Gasteiger partial charge in [0.25, 0.3) is 0 Å². The van der Waals surface area contributed by atoms with Gasteiger partial charge in [-0.25, -0.2) is 0 Å². The third kappa shape index (κ3) is 1.57. The van der Waals surface area contributed by atoms with Crippen molar-refractivity contribution in [1.82, 2.24) is 4.90 Å². The van der Waals surface area contributed by atoms with Crippen LogP contribution in [0.15, 0.2) is 12.2 Å². The zero-order valence-electron chi connectivity index (χ0n) is 9.43. The van der Waals surface area contributed by atoms with Gasteiger partial charge in [-0.3, -0.25) is 14.5 Å². The van der Waals surface area contributed by atoms with E-state index in [1.807, 2.05) is 19.1 Å². The fraction of sp³-hybridized carbons (Fsp3) is 0.667. The van der Waals surface area contributed by atoms with Gasteiger partial charge in [-0.1, -0.05) is 19.1 Å². The molecule has 1 N–H and O–H groups in total. The monoisotopic (exact) mass is 223 g/mol. The highest BCUT2D eigenvalue weighted by atomic mass is 16.3. The Hall–Kier alpha value is -1.16.